The van der Waals surface area contributed by atoms with Crippen LogP contribution in [0.2, 0.25) is 0 Å². The first kappa shape index (κ1) is 30.7. The van der Waals surface area contributed by atoms with Crippen LogP contribution in [0.5, 0.6) is 0 Å². The zero-order valence-corrected chi connectivity index (χ0v) is 24.0. The van der Waals surface area contributed by atoms with Gasteiger partial charge in [-0.25, -0.2) is 19.4 Å². The number of imidazole rings is 1. The summed E-state index contributed by atoms with van der Waals surface area (Å²) in [6.07, 6.45) is 5.07. The standard InChI is InChI=1S/C31H32N4O8/c1-4-43-31(40)27-24(17-42-15-13-33-28(36)22-10-5-6-11-23(22)29(37)38)34-19(2)25(30(39)41-3)26(27)20-8-7-9-21(16-20)35-14-12-32-18-35/h5-12,14,16,18,26,34H,4,13,15,17H2,1-3H3,(H,33,36)(H,37,38). The van der Waals surface area contributed by atoms with Crippen molar-refractivity contribution in [3.05, 3.63) is 106 Å². The van der Waals surface area contributed by atoms with Crippen LogP contribution in [0, 0.1) is 0 Å². The van der Waals surface area contributed by atoms with Gasteiger partial charge in [-0.2, -0.15) is 0 Å². The molecule has 0 fully saturated rings. The van der Waals surface area contributed by atoms with Crippen molar-refractivity contribution in [2.75, 3.05) is 33.5 Å². The maximum Gasteiger partial charge on any atom is 0.336 e. The number of methoxy groups -OCH3 is 1. The van der Waals surface area contributed by atoms with Crippen molar-refractivity contribution in [2.24, 2.45) is 0 Å². The Labute approximate surface area is 248 Å². The third-order valence-electron chi connectivity index (χ3n) is 6.73. The number of hydrogen-bond acceptors (Lipinski definition) is 9. The van der Waals surface area contributed by atoms with Crippen molar-refractivity contribution in [3.8, 4) is 5.69 Å². The number of carboxylic acids is 1. The molecule has 2 heterocycles. The van der Waals surface area contributed by atoms with E-state index in [-0.39, 0.29) is 48.6 Å². The lowest BCUT2D eigenvalue weighted by molar-refractivity contribution is -0.139. The quantitative estimate of drug-likeness (QED) is 0.212. The lowest BCUT2D eigenvalue weighted by atomic mass is 9.80. The number of amides is 1. The first-order valence-electron chi connectivity index (χ1n) is 13.5. The van der Waals surface area contributed by atoms with E-state index in [1.807, 2.05) is 24.3 Å². The number of allylic oxidation sites excluding steroid dienone is 1. The minimum absolute atomic E-state index is 0.0353. The van der Waals surface area contributed by atoms with Gasteiger partial charge in [-0.3, -0.25) is 4.79 Å². The van der Waals surface area contributed by atoms with Crippen molar-refractivity contribution < 1.29 is 38.5 Å². The van der Waals surface area contributed by atoms with Crippen molar-refractivity contribution in [1.82, 2.24) is 20.2 Å². The predicted octanol–water partition coefficient (Wildman–Crippen LogP) is 2.97. The number of hydrogen-bond donors (Lipinski definition) is 3. The number of dihydropyridines is 1. The number of nitrogens with zero attached hydrogens (tertiary/aromatic N) is 2. The average Bonchev–Trinajstić information content (AvgIpc) is 3.55. The molecule has 1 aliphatic heterocycles. The van der Waals surface area contributed by atoms with Gasteiger partial charge in [-0.15, -0.1) is 0 Å². The largest absolute Gasteiger partial charge is 0.478 e. The van der Waals surface area contributed by atoms with Crippen molar-refractivity contribution in [1.29, 1.82) is 0 Å². The smallest absolute Gasteiger partial charge is 0.336 e. The molecule has 1 aliphatic rings. The van der Waals surface area contributed by atoms with E-state index in [1.54, 1.807) is 49.3 Å². The van der Waals surface area contributed by atoms with Gasteiger partial charge < -0.3 is 34.5 Å². The third kappa shape index (κ3) is 6.99. The fourth-order valence-electron chi connectivity index (χ4n) is 4.82. The van der Waals surface area contributed by atoms with E-state index in [0.717, 1.165) is 5.69 Å². The number of carboxylic acid groups (broad SMARTS) is 1. The monoisotopic (exact) mass is 588 g/mol. The van der Waals surface area contributed by atoms with Crippen LogP contribution in [0.25, 0.3) is 5.69 Å². The fourth-order valence-corrected chi connectivity index (χ4v) is 4.82. The number of esters is 2. The number of carbonyl (C=O) groups is 4. The third-order valence-corrected chi connectivity index (χ3v) is 6.73. The molecule has 1 aromatic heterocycles. The van der Waals surface area contributed by atoms with E-state index in [1.165, 1.54) is 19.2 Å². The molecule has 0 spiro atoms. The SMILES string of the molecule is CCOC(=O)C1=C(COCCNC(=O)c2ccccc2C(=O)O)NC(C)=C(C(=O)OC)C1c1cccc(-n2ccnc2)c1. The van der Waals surface area contributed by atoms with Crippen LogP contribution in [0.3, 0.4) is 0 Å². The van der Waals surface area contributed by atoms with E-state index in [9.17, 15) is 24.3 Å². The van der Waals surface area contributed by atoms with Gasteiger partial charge in [0.2, 0.25) is 0 Å². The van der Waals surface area contributed by atoms with E-state index in [2.05, 4.69) is 15.6 Å². The molecule has 12 nitrogen and oxygen atoms in total. The molecule has 43 heavy (non-hydrogen) atoms. The number of aromatic carboxylic acids is 1. The number of aromatic nitrogens is 2. The van der Waals surface area contributed by atoms with Crippen molar-refractivity contribution in [2.45, 2.75) is 19.8 Å². The van der Waals surface area contributed by atoms with E-state index in [4.69, 9.17) is 14.2 Å². The average molecular weight is 589 g/mol. The molecule has 3 N–H and O–H groups in total. The van der Waals surface area contributed by atoms with Crippen molar-refractivity contribution in [3.63, 3.8) is 0 Å². The van der Waals surface area contributed by atoms with Crippen molar-refractivity contribution >= 4 is 23.8 Å². The Morgan fingerprint density at radius 1 is 1.05 bits per heavy atom. The van der Waals surface area contributed by atoms with Gasteiger partial charge in [-0.05, 0) is 43.7 Å². The van der Waals surface area contributed by atoms with Gasteiger partial charge in [0.15, 0.2) is 0 Å². The first-order chi connectivity index (χ1) is 20.8. The number of ether oxygens (including phenoxy) is 3. The minimum Gasteiger partial charge on any atom is -0.478 e. The molecule has 1 amide bonds. The van der Waals surface area contributed by atoms with Crippen LogP contribution >= 0.6 is 0 Å². The summed E-state index contributed by atoms with van der Waals surface area (Å²) < 4.78 is 18.1. The van der Waals surface area contributed by atoms with Crippen LogP contribution in [-0.4, -0.2) is 71.9 Å². The van der Waals surface area contributed by atoms with Crippen LogP contribution in [-0.2, 0) is 23.8 Å². The van der Waals surface area contributed by atoms with Gasteiger partial charge in [0.1, 0.15) is 0 Å². The van der Waals surface area contributed by atoms with Crippen LogP contribution in [0.1, 0.15) is 46.0 Å². The maximum absolute atomic E-state index is 13.4. The summed E-state index contributed by atoms with van der Waals surface area (Å²) in [6.45, 7) is 3.56. The molecule has 0 radical (unpaired) electrons. The molecule has 0 saturated heterocycles. The van der Waals surface area contributed by atoms with Crippen LogP contribution < -0.4 is 10.6 Å². The number of carbonyl (C=O) groups excluding carboxylic acids is 3. The predicted molar refractivity (Wildman–Crippen MR) is 154 cm³/mol. The summed E-state index contributed by atoms with van der Waals surface area (Å²) in [4.78, 5) is 54.6. The second-order valence-electron chi connectivity index (χ2n) is 9.43. The lowest BCUT2D eigenvalue weighted by Gasteiger charge is -2.31. The molecular formula is C31H32N4O8. The normalized spacial score (nSPS) is 14.6. The molecule has 3 aromatic rings. The second kappa shape index (κ2) is 14.1. The Balaban J connectivity index is 1.59. The van der Waals surface area contributed by atoms with E-state index >= 15 is 0 Å². The summed E-state index contributed by atoms with van der Waals surface area (Å²) in [6, 6.07) is 13.3. The number of rotatable bonds is 12. The Hall–Kier alpha value is -5.23. The van der Waals surface area contributed by atoms with Crippen LogP contribution in [0.15, 0.2) is 89.8 Å². The molecule has 1 atom stereocenters. The zero-order chi connectivity index (χ0) is 30.9. The summed E-state index contributed by atoms with van der Waals surface area (Å²) in [5.74, 6) is -3.82. The molecule has 12 heteroatoms. The molecule has 224 valence electrons. The Kier molecular flexibility index (Phi) is 10.1. The minimum atomic E-state index is -1.20. The van der Waals surface area contributed by atoms with Gasteiger partial charge in [-0.1, -0.05) is 24.3 Å². The highest BCUT2D eigenvalue weighted by Gasteiger charge is 2.39. The molecule has 0 aliphatic carbocycles. The first-order valence-corrected chi connectivity index (χ1v) is 13.5. The van der Waals surface area contributed by atoms with Gasteiger partial charge in [0.25, 0.3) is 5.91 Å². The highest BCUT2D eigenvalue weighted by molar-refractivity contribution is 6.04. The van der Waals surface area contributed by atoms with Crippen LogP contribution in [0.4, 0.5) is 0 Å². The Morgan fingerprint density at radius 3 is 2.49 bits per heavy atom. The van der Waals surface area contributed by atoms with Gasteiger partial charge in [0.05, 0.1) is 67.1 Å². The molecule has 0 saturated carbocycles. The summed E-state index contributed by atoms with van der Waals surface area (Å²) >= 11 is 0. The molecule has 0 bridgehead atoms. The van der Waals surface area contributed by atoms with Gasteiger partial charge in [0, 0.05) is 30.3 Å². The van der Waals surface area contributed by atoms with E-state index < -0.39 is 29.7 Å². The molecule has 2 aromatic carbocycles. The number of nitrogens with one attached hydrogen (secondary N) is 2. The summed E-state index contributed by atoms with van der Waals surface area (Å²) in [7, 11) is 1.27. The number of benzene rings is 2. The maximum atomic E-state index is 13.4. The lowest BCUT2D eigenvalue weighted by Crippen LogP contribution is -2.35. The molecule has 4 rings (SSSR count). The molecule has 1 unspecified atom stereocenters. The highest BCUT2D eigenvalue weighted by Crippen LogP contribution is 2.40. The Morgan fingerprint density at radius 2 is 1.81 bits per heavy atom. The zero-order valence-electron chi connectivity index (χ0n) is 24.0. The highest BCUT2D eigenvalue weighted by atomic mass is 16.5. The topological polar surface area (TPSA) is 158 Å². The Bertz CT molecular complexity index is 1580. The summed E-state index contributed by atoms with van der Waals surface area (Å²) in [5.41, 5.74) is 2.67. The molecular weight excluding hydrogens is 556 g/mol. The summed E-state index contributed by atoms with van der Waals surface area (Å²) in [5, 5.41) is 15.1. The second-order valence-corrected chi connectivity index (χ2v) is 9.43. The van der Waals surface area contributed by atoms with Gasteiger partial charge >= 0.3 is 17.9 Å². The fraction of sp³-hybridized carbons (Fsp3) is 0.258. The van der Waals surface area contributed by atoms with E-state index in [0.29, 0.717) is 17.0 Å².